The van der Waals surface area contributed by atoms with Crippen LogP contribution < -0.4 is 0 Å². The van der Waals surface area contributed by atoms with Crippen molar-refractivity contribution >= 4 is 5.91 Å². The van der Waals surface area contributed by atoms with Gasteiger partial charge in [0.15, 0.2) is 5.82 Å². The zero-order valence-electron chi connectivity index (χ0n) is 19.8. The predicted molar refractivity (Wildman–Crippen MR) is 133 cm³/mol. The molecule has 1 saturated heterocycles. The van der Waals surface area contributed by atoms with Crippen LogP contribution >= 0.6 is 0 Å². The molecule has 1 amide bonds. The standard InChI is InChI=1S/C27H28N6O2/c1-20-9-11-22(12-10-20)26-30-24(35-31-26)8-5-13-32-14-16-33(17-15-32)27(34)23-18-28-25(29-19-23)21-6-3-2-4-7-21/h2-4,6-7,9-12,18-19H,5,8,13-17H2,1H3. The Kier molecular flexibility index (Phi) is 6.90. The molecule has 8 nitrogen and oxygen atoms in total. The van der Waals surface area contributed by atoms with Gasteiger partial charge in [-0.2, -0.15) is 4.98 Å². The third kappa shape index (κ3) is 5.60. The lowest BCUT2D eigenvalue weighted by molar-refractivity contribution is 0.0634. The summed E-state index contributed by atoms with van der Waals surface area (Å²) in [6, 6.07) is 17.9. The van der Waals surface area contributed by atoms with Crippen molar-refractivity contribution in [3.05, 3.63) is 84.0 Å². The lowest BCUT2D eigenvalue weighted by atomic mass is 10.1. The zero-order valence-corrected chi connectivity index (χ0v) is 19.8. The second-order valence-corrected chi connectivity index (χ2v) is 8.78. The van der Waals surface area contributed by atoms with Crippen LogP contribution in [0, 0.1) is 6.92 Å². The maximum Gasteiger partial charge on any atom is 0.257 e. The molecule has 1 fully saturated rings. The molecule has 0 spiro atoms. The van der Waals surface area contributed by atoms with Crippen LogP contribution in [0.1, 0.15) is 28.2 Å². The minimum Gasteiger partial charge on any atom is -0.339 e. The van der Waals surface area contributed by atoms with Crippen molar-refractivity contribution < 1.29 is 9.32 Å². The summed E-state index contributed by atoms with van der Waals surface area (Å²) in [6.07, 6.45) is 4.92. The van der Waals surface area contributed by atoms with E-state index in [1.165, 1.54) is 5.56 Å². The summed E-state index contributed by atoms with van der Waals surface area (Å²) in [6.45, 7) is 6.05. The van der Waals surface area contributed by atoms with Crippen molar-refractivity contribution in [1.82, 2.24) is 29.9 Å². The molecular weight excluding hydrogens is 440 g/mol. The van der Waals surface area contributed by atoms with Gasteiger partial charge in [0, 0.05) is 56.1 Å². The van der Waals surface area contributed by atoms with E-state index in [0.717, 1.165) is 43.6 Å². The van der Waals surface area contributed by atoms with E-state index >= 15 is 0 Å². The average Bonchev–Trinajstić information content (AvgIpc) is 3.39. The van der Waals surface area contributed by atoms with E-state index in [1.54, 1.807) is 12.4 Å². The molecule has 0 bridgehead atoms. The number of carbonyl (C=O) groups is 1. The first-order valence-electron chi connectivity index (χ1n) is 11.9. The van der Waals surface area contributed by atoms with E-state index in [4.69, 9.17) is 4.52 Å². The molecule has 1 aliphatic rings. The molecule has 2 aromatic carbocycles. The molecule has 5 rings (SSSR count). The van der Waals surface area contributed by atoms with Crippen LogP contribution in [0.3, 0.4) is 0 Å². The molecule has 2 aromatic heterocycles. The smallest absolute Gasteiger partial charge is 0.257 e. The van der Waals surface area contributed by atoms with Crippen LogP contribution in [-0.4, -0.2) is 68.5 Å². The molecule has 0 N–H and O–H groups in total. The van der Waals surface area contributed by atoms with E-state index in [0.29, 0.717) is 36.2 Å². The van der Waals surface area contributed by atoms with Gasteiger partial charge in [-0.15, -0.1) is 0 Å². The van der Waals surface area contributed by atoms with Crippen LogP contribution in [0.15, 0.2) is 71.5 Å². The van der Waals surface area contributed by atoms with Crippen LogP contribution in [0.25, 0.3) is 22.8 Å². The Labute approximate surface area is 204 Å². The van der Waals surface area contributed by atoms with Gasteiger partial charge < -0.3 is 9.42 Å². The van der Waals surface area contributed by atoms with E-state index in [9.17, 15) is 4.79 Å². The minimum atomic E-state index is -0.0150. The average molecular weight is 469 g/mol. The molecule has 4 aromatic rings. The largest absolute Gasteiger partial charge is 0.339 e. The van der Waals surface area contributed by atoms with Gasteiger partial charge in [-0.25, -0.2) is 9.97 Å². The van der Waals surface area contributed by atoms with Crippen LogP contribution in [0.4, 0.5) is 0 Å². The van der Waals surface area contributed by atoms with E-state index < -0.39 is 0 Å². The SMILES string of the molecule is Cc1ccc(-c2noc(CCCN3CCN(C(=O)c4cnc(-c5ccccc5)nc4)CC3)n2)cc1. The van der Waals surface area contributed by atoms with E-state index in [1.807, 2.05) is 59.5 Å². The van der Waals surface area contributed by atoms with Gasteiger partial charge in [-0.05, 0) is 19.9 Å². The first-order valence-corrected chi connectivity index (χ1v) is 11.9. The lowest BCUT2D eigenvalue weighted by Crippen LogP contribution is -2.48. The van der Waals surface area contributed by atoms with E-state index in [-0.39, 0.29) is 5.91 Å². The molecule has 0 aliphatic carbocycles. The number of hydrogen-bond donors (Lipinski definition) is 0. The van der Waals surface area contributed by atoms with Gasteiger partial charge in [-0.3, -0.25) is 9.69 Å². The highest BCUT2D eigenvalue weighted by Crippen LogP contribution is 2.18. The maximum atomic E-state index is 12.9. The van der Waals surface area contributed by atoms with Gasteiger partial charge in [0.1, 0.15) is 0 Å². The van der Waals surface area contributed by atoms with Crippen LogP contribution in [0.5, 0.6) is 0 Å². The number of hydrogen-bond acceptors (Lipinski definition) is 7. The normalized spacial score (nSPS) is 14.3. The van der Waals surface area contributed by atoms with Crippen molar-refractivity contribution in [2.24, 2.45) is 0 Å². The monoisotopic (exact) mass is 468 g/mol. The Bertz CT molecular complexity index is 1250. The minimum absolute atomic E-state index is 0.0150. The second-order valence-electron chi connectivity index (χ2n) is 8.78. The highest BCUT2D eigenvalue weighted by molar-refractivity contribution is 5.93. The van der Waals surface area contributed by atoms with Crippen molar-refractivity contribution in [3.8, 4) is 22.8 Å². The number of aromatic nitrogens is 4. The Hall–Kier alpha value is -3.91. The van der Waals surface area contributed by atoms with Crippen LogP contribution in [0.2, 0.25) is 0 Å². The highest BCUT2D eigenvalue weighted by atomic mass is 16.5. The quantitative estimate of drug-likeness (QED) is 0.407. The second kappa shape index (κ2) is 10.6. The topological polar surface area (TPSA) is 88.3 Å². The predicted octanol–water partition coefficient (Wildman–Crippen LogP) is 3.89. The molecule has 35 heavy (non-hydrogen) atoms. The number of piperazine rings is 1. The lowest BCUT2D eigenvalue weighted by Gasteiger charge is -2.34. The van der Waals surface area contributed by atoms with Crippen molar-refractivity contribution in [1.29, 1.82) is 0 Å². The molecule has 0 radical (unpaired) electrons. The number of carbonyl (C=O) groups excluding carboxylic acids is 1. The first kappa shape index (κ1) is 22.9. The summed E-state index contributed by atoms with van der Waals surface area (Å²) < 4.78 is 5.43. The Morgan fingerprint density at radius 3 is 2.29 bits per heavy atom. The summed E-state index contributed by atoms with van der Waals surface area (Å²) in [4.78, 5) is 30.4. The summed E-state index contributed by atoms with van der Waals surface area (Å²) in [5.41, 5.74) is 3.63. The van der Waals surface area contributed by atoms with Gasteiger partial charge >= 0.3 is 0 Å². The Morgan fingerprint density at radius 2 is 1.57 bits per heavy atom. The van der Waals surface area contributed by atoms with Crippen molar-refractivity contribution in [3.63, 3.8) is 0 Å². The number of benzene rings is 2. The molecule has 8 heteroatoms. The number of rotatable bonds is 7. The fraction of sp³-hybridized carbons (Fsp3) is 0.296. The molecule has 3 heterocycles. The zero-order chi connectivity index (χ0) is 24.0. The number of nitrogens with zero attached hydrogens (tertiary/aromatic N) is 6. The molecule has 0 saturated carbocycles. The molecule has 0 unspecified atom stereocenters. The third-order valence-electron chi connectivity index (χ3n) is 6.23. The molecule has 1 aliphatic heterocycles. The highest BCUT2D eigenvalue weighted by Gasteiger charge is 2.22. The number of aryl methyl sites for hydroxylation is 2. The number of amides is 1. The first-order chi connectivity index (χ1) is 17.2. The van der Waals surface area contributed by atoms with Crippen molar-refractivity contribution in [2.75, 3.05) is 32.7 Å². The molecule has 0 atom stereocenters. The van der Waals surface area contributed by atoms with E-state index in [2.05, 4.69) is 31.9 Å². The third-order valence-corrected chi connectivity index (χ3v) is 6.23. The van der Waals surface area contributed by atoms with Crippen molar-refractivity contribution in [2.45, 2.75) is 19.8 Å². The Balaban J connectivity index is 1.07. The van der Waals surface area contributed by atoms with Crippen LogP contribution in [-0.2, 0) is 6.42 Å². The van der Waals surface area contributed by atoms with Gasteiger partial charge in [0.05, 0.1) is 5.56 Å². The fourth-order valence-electron chi connectivity index (χ4n) is 4.16. The Morgan fingerprint density at radius 1 is 0.886 bits per heavy atom. The van der Waals surface area contributed by atoms with Gasteiger partial charge in [0.25, 0.3) is 5.91 Å². The summed E-state index contributed by atoms with van der Waals surface area (Å²) in [5.74, 6) is 1.90. The van der Waals surface area contributed by atoms with Gasteiger partial charge in [0.2, 0.25) is 11.7 Å². The summed E-state index contributed by atoms with van der Waals surface area (Å²) in [5, 5.41) is 4.11. The van der Waals surface area contributed by atoms with Gasteiger partial charge in [-0.1, -0.05) is 65.3 Å². The summed E-state index contributed by atoms with van der Waals surface area (Å²) >= 11 is 0. The fourth-order valence-corrected chi connectivity index (χ4v) is 4.16. The summed E-state index contributed by atoms with van der Waals surface area (Å²) in [7, 11) is 0. The molecular formula is C27H28N6O2. The maximum absolute atomic E-state index is 12.9. The molecule has 178 valence electrons.